The molecule has 4 rings (SSSR count). The van der Waals surface area contributed by atoms with Gasteiger partial charge in [-0.05, 0) is 42.7 Å². The highest BCUT2D eigenvalue weighted by Gasteiger charge is 2.26. The number of benzene rings is 2. The lowest BCUT2D eigenvalue weighted by Gasteiger charge is -2.30. The molecule has 3 aromatic rings. The molecule has 0 fully saturated rings. The minimum absolute atomic E-state index is 0.0475. The maximum absolute atomic E-state index is 12.3. The Labute approximate surface area is 156 Å². The molecule has 1 aliphatic heterocycles. The summed E-state index contributed by atoms with van der Waals surface area (Å²) in [7, 11) is 0. The molecule has 26 heavy (non-hydrogen) atoms. The van der Waals surface area contributed by atoms with Crippen molar-refractivity contribution in [2.45, 2.75) is 32.6 Å². The number of rotatable bonds is 4. The Morgan fingerprint density at radius 3 is 2.73 bits per heavy atom. The molecule has 0 spiro atoms. The van der Waals surface area contributed by atoms with Crippen LogP contribution in [0.2, 0.25) is 5.02 Å². The van der Waals surface area contributed by atoms with Crippen molar-refractivity contribution in [2.75, 3.05) is 11.4 Å². The van der Waals surface area contributed by atoms with E-state index < -0.39 is 0 Å². The number of carbonyl (C=O) groups excluding carboxylic acids is 1. The maximum atomic E-state index is 12.3. The number of amides is 1. The van der Waals surface area contributed by atoms with Gasteiger partial charge >= 0.3 is 0 Å². The van der Waals surface area contributed by atoms with E-state index in [9.17, 15) is 9.90 Å². The van der Waals surface area contributed by atoms with Crippen LogP contribution in [0.5, 0.6) is 5.75 Å². The van der Waals surface area contributed by atoms with E-state index in [1.54, 1.807) is 29.2 Å². The second kappa shape index (κ2) is 6.61. The number of anilines is 1. The van der Waals surface area contributed by atoms with Gasteiger partial charge in [-0.3, -0.25) is 4.79 Å². The zero-order chi connectivity index (χ0) is 18.3. The standard InChI is InChI=1S/C19H19ClN4O2/c1-2-3-8-23-16-11-18(25)17(9-12(16)4-7-19(23)26)24-21-14-6-5-13(20)10-15(14)22-24/h5-6,9-11,25H,2-4,7-8H2,1H3. The van der Waals surface area contributed by atoms with Gasteiger partial charge in [0.25, 0.3) is 0 Å². The van der Waals surface area contributed by atoms with Crippen LogP contribution in [0, 0.1) is 0 Å². The maximum Gasteiger partial charge on any atom is 0.227 e. The van der Waals surface area contributed by atoms with Crippen LogP contribution in [0.25, 0.3) is 16.7 Å². The number of carbonyl (C=O) groups is 1. The smallest absolute Gasteiger partial charge is 0.227 e. The van der Waals surface area contributed by atoms with Crippen molar-refractivity contribution in [3.63, 3.8) is 0 Å². The van der Waals surface area contributed by atoms with Crippen LogP contribution in [0.4, 0.5) is 5.69 Å². The first-order valence-electron chi connectivity index (χ1n) is 8.76. The lowest BCUT2D eigenvalue weighted by atomic mass is 9.99. The molecular weight excluding hydrogens is 352 g/mol. The molecule has 2 aromatic carbocycles. The van der Waals surface area contributed by atoms with Crippen molar-refractivity contribution in [1.29, 1.82) is 0 Å². The molecule has 0 aliphatic carbocycles. The number of hydrogen-bond acceptors (Lipinski definition) is 4. The number of halogens is 1. The number of fused-ring (bicyclic) bond motifs is 2. The van der Waals surface area contributed by atoms with E-state index in [2.05, 4.69) is 17.1 Å². The fourth-order valence-corrected chi connectivity index (χ4v) is 3.45. The summed E-state index contributed by atoms with van der Waals surface area (Å²) in [5.41, 5.74) is 3.67. The van der Waals surface area contributed by atoms with Gasteiger partial charge in [0.1, 0.15) is 22.5 Å². The Bertz CT molecular complexity index is 999. The molecule has 134 valence electrons. The normalized spacial score (nSPS) is 14.1. The third-order valence-corrected chi connectivity index (χ3v) is 4.90. The fourth-order valence-electron chi connectivity index (χ4n) is 3.29. The van der Waals surface area contributed by atoms with Gasteiger partial charge in [-0.2, -0.15) is 0 Å². The van der Waals surface area contributed by atoms with Crippen LogP contribution in [0.1, 0.15) is 31.7 Å². The van der Waals surface area contributed by atoms with Crippen LogP contribution >= 0.6 is 11.6 Å². The second-order valence-corrected chi connectivity index (χ2v) is 6.93. The minimum atomic E-state index is 0.0475. The summed E-state index contributed by atoms with van der Waals surface area (Å²) in [5, 5.41) is 20.0. The molecule has 2 heterocycles. The Morgan fingerprint density at radius 1 is 1.12 bits per heavy atom. The summed E-state index contributed by atoms with van der Waals surface area (Å²) in [6.45, 7) is 2.76. The van der Waals surface area contributed by atoms with Crippen LogP contribution in [-0.2, 0) is 11.2 Å². The zero-order valence-corrected chi connectivity index (χ0v) is 15.2. The molecule has 1 aliphatic rings. The van der Waals surface area contributed by atoms with Gasteiger partial charge < -0.3 is 10.0 Å². The number of aromatic hydroxyl groups is 1. The first kappa shape index (κ1) is 16.8. The van der Waals surface area contributed by atoms with Gasteiger partial charge in [0.15, 0.2) is 0 Å². The summed E-state index contributed by atoms with van der Waals surface area (Å²) >= 11 is 6.01. The topological polar surface area (TPSA) is 71.2 Å². The third-order valence-electron chi connectivity index (χ3n) is 4.67. The number of unbranched alkanes of at least 4 members (excludes halogenated alkanes) is 1. The Kier molecular flexibility index (Phi) is 4.28. The monoisotopic (exact) mass is 370 g/mol. The summed E-state index contributed by atoms with van der Waals surface area (Å²) < 4.78 is 0. The van der Waals surface area contributed by atoms with E-state index in [1.165, 1.54) is 4.80 Å². The highest BCUT2D eigenvalue weighted by Crippen LogP contribution is 2.35. The largest absolute Gasteiger partial charge is 0.506 e. The van der Waals surface area contributed by atoms with Gasteiger partial charge in [-0.1, -0.05) is 24.9 Å². The Morgan fingerprint density at radius 2 is 1.92 bits per heavy atom. The van der Waals surface area contributed by atoms with Gasteiger partial charge in [-0.15, -0.1) is 15.0 Å². The summed E-state index contributed by atoms with van der Waals surface area (Å²) in [6.07, 6.45) is 3.07. The highest BCUT2D eigenvalue weighted by atomic mass is 35.5. The summed E-state index contributed by atoms with van der Waals surface area (Å²) in [4.78, 5) is 15.5. The second-order valence-electron chi connectivity index (χ2n) is 6.49. The Hall–Kier alpha value is -2.60. The summed E-state index contributed by atoms with van der Waals surface area (Å²) in [5.74, 6) is 0.155. The molecular formula is C19H19ClN4O2. The number of phenols is 1. The number of nitrogens with zero attached hydrogens (tertiary/aromatic N) is 4. The van der Waals surface area contributed by atoms with Crippen molar-refractivity contribution in [2.24, 2.45) is 0 Å². The van der Waals surface area contributed by atoms with Crippen molar-refractivity contribution < 1.29 is 9.90 Å². The molecule has 1 N–H and O–H groups in total. The summed E-state index contributed by atoms with van der Waals surface area (Å²) in [6, 6.07) is 8.81. The molecule has 0 saturated carbocycles. The van der Waals surface area contributed by atoms with Gasteiger partial charge in [0.05, 0.1) is 5.69 Å². The van der Waals surface area contributed by atoms with Gasteiger partial charge in [0.2, 0.25) is 5.91 Å². The molecule has 0 saturated heterocycles. The quantitative estimate of drug-likeness (QED) is 0.757. The lowest BCUT2D eigenvalue weighted by molar-refractivity contribution is -0.118. The van der Waals surface area contributed by atoms with E-state index in [4.69, 9.17) is 11.6 Å². The molecule has 0 radical (unpaired) electrons. The van der Waals surface area contributed by atoms with Gasteiger partial charge in [-0.25, -0.2) is 0 Å². The SMILES string of the molecule is CCCCN1C(=O)CCc2cc(-n3nc4ccc(Cl)cc4n3)c(O)cc21. The number of aromatic nitrogens is 3. The van der Waals surface area contributed by atoms with Crippen molar-refractivity contribution in [1.82, 2.24) is 15.0 Å². The average Bonchev–Trinajstić information content (AvgIpc) is 3.03. The number of aryl methyl sites for hydroxylation is 1. The van der Waals surface area contributed by atoms with Crippen molar-refractivity contribution >= 4 is 34.2 Å². The zero-order valence-electron chi connectivity index (χ0n) is 14.4. The molecule has 0 unspecified atom stereocenters. The number of phenolic OH excluding ortho intramolecular Hbond substituents is 1. The minimum Gasteiger partial charge on any atom is -0.506 e. The molecule has 6 nitrogen and oxygen atoms in total. The molecule has 1 aromatic heterocycles. The molecule has 0 atom stereocenters. The van der Waals surface area contributed by atoms with Crippen molar-refractivity contribution in [3.8, 4) is 11.4 Å². The first-order chi connectivity index (χ1) is 12.6. The predicted molar refractivity (Wildman–Crippen MR) is 101 cm³/mol. The highest BCUT2D eigenvalue weighted by molar-refractivity contribution is 6.31. The van der Waals surface area contributed by atoms with Crippen LogP contribution < -0.4 is 4.90 Å². The van der Waals surface area contributed by atoms with E-state index in [0.717, 1.165) is 24.1 Å². The van der Waals surface area contributed by atoms with E-state index in [1.807, 2.05) is 6.07 Å². The molecule has 7 heteroatoms. The fraction of sp³-hybridized carbons (Fsp3) is 0.316. The average molecular weight is 371 g/mol. The van der Waals surface area contributed by atoms with E-state index in [0.29, 0.717) is 41.1 Å². The Balaban J connectivity index is 1.77. The third kappa shape index (κ3) is 2.90. The first-order valence-corrected chi connectivity index (χ1v) is 9.14. The predicted octanol–water partition coefficient (Wildman–Crippen LogP) is 3.86. The molecule has 0 bridgehead atoms. The van der Waals surface area contributed by atoms with Gasteiger partial charge in [0, 0.05) is 24.1 Å². The van der Waals surface area contributed by atoms with E-state index >= 15 is 0 Å². The van der Waals surface area contributed by atoms with Crippen LogP contribution in [0.15, 0.2) is 30.3 Å². The lowest BCUT2D eigenvalue weighted by Crippen LogP contribution is -2.35. The van der Waals surface area contributed by atoms with E-state index in [-0.39, 0.29) is 11.7 Å². The van der Waals surface area contributed by atoms with Crippen LogP contribution in [0.3, 0.4) is 0 Å². The van der Waals surface area contributed by atoms with Crippen LogP contribution in [-0.4, -0.2) is 32.6 Å². The molecule has 1 amide bonds. The number of hydrogen-bond donors (Lipinski definition) is 1. The van der Waals surface area contributed by atoms with Crippen molar-refractivity contribution in [3.05, 3.63) is 40.9 Å².